The van der Waals surface area contributed by atoms with Crippen molar-refractivity contribution < 1.29 is 14.3 Å². The van der Waals surface area contributed by atoms with Crippen molar-refractivity contribution in [3.05, 3.63) is 64.7 Å². The van der Waals surface area contributed by atoms with E-state index in [9.17, 15) is 9.59 Å². The van der Waals surface area contributed by atoms with Crippen LogP contribution >= 0.6 is 11.6 Å². The van der Waals surface area contributed by atoms with Gasteiger partial charge in [-0.15, -0.1) is 0 Å². The summed E-state index contributed by atoms with van der Waals surface area (Å²) in [6.45, 7) is 2.11. The molecule has 0 fully saturated rings. The smallest absolute Gasteiger partial charge is 0.244 e. The fraction of sp³-hybridized carbons (Fsp3) is 0.250. The number of hydrogen-bond acceptors (Lipinski definition) is 4. The molecule has 0 aromatic heterocycles. The van der Waals surface area contributed by atoms with Crippen molar-refractivity contribution in [2.75, 3.05) is 7.11 Å². The molecule has 2 aromatic rings. The zero-order valence-corrected chi connectivity index (χ0v) is 16.0. The lowest BCUT2D eigenvalue weighted by atomic mass is 10.1. The molecule has 0 aliphatic heterocycles. The lowest BCUT2D eigenvalue weighted by molar-refractivity contribution is -0.121. The molecule has 142 valence electrons. The van der Waals surface area contributed by atoms with E-state index in [-0.39, 0.29) is 24.7 Å². The van der Waals surface area contributed by atoms with Crippen LogP contribution in [0.25, 0.3) is 0 Å². The zero-order chi connectivity index (χ0) is 19.6. The van der Waals surface area contributed by atoms with Crippen LogP contribution in [-0.2, 0) is 22.6 Å². The number of halogens is 1. The van der Waals surface area contributed by atoms with E-state index in [2.05, 4.69) is 15.8 Å². The Morgan fingerprint density at radius 2 is 1.63 bits per heavy atom. The van der Waals surface area contributed by atoms with Crippen LogP contribution in [0.1, 0.15) is 24.5 Å². The molecule has 6 nitrogen and oxygen atoms in total. The number of hydrazone groups is 1. The predicted molar refractivity (Wildman–Crippen MR) is 106 cm³/mol. The molecule has 0 radical (unpaired) electrons. The second kappa shape index (κ2) is 10.3. The van der Waals surface area contributed by atoms with E-state index in [1.165, 1.54) is 0 Å². The van der Waals surface area contributed by atoms with E-state index in [4.69, 9.17) is 16.3 Å². The number of rotatable bonds is 8. The number of ether oxygens (including phenoxy) is 1. The van der Waals surface area contributed by atoms with E-state index >= 15 is 0 Å². The van der Waals surface area contributed by atoms with E-state index in [1.807, 2.05) is 24.3 Å². The highest BCUT2D eigenvalue weighted by Gasteiger charge is 2.06. The summed E-state index contributed by atoms with van der Waals surface area (Å²) in [7, 11) is 1.60. The molecule has 2 amide bonds. The number of nitrogens with one attached hydrogen (secondary N) is 2. The maximum atomic E-state index is 12.0. The third-order valence-corrected chi connectivity index (χ3v) is 3.97. The molecule has 0 aliphatic carbocycles. The highest BCUT2D eigenvalue weighted by atomic mass is 35.5. The van der Waals surface area contributed by atoms with Gasteiger partial charge in [0, 0.05) is 17.3 Å². The number of hydrogen-bond donors (Lipinski definition) is 2. The minimum atomic E-state index is -0.254. The molecule has 0 atom stereocenters. The van der Waals surface area contributed by atoms with Crippen LogP contribution in [-0.4, -0.2) is 24.6 Å². The average molecular weight is 388 g/mol. The van der Waals surface area contributed by atoms with Gasteiger partial charge in [0.2, 0.25) is 11.8 Å². The van der Waals surface area contributed by atoms with Gasteiger partial charge in [0.15, 0.2) is 0 Å². The number of benzene rings is 2. The predicted octanol–water partition coefficient (Wildman–Crippen LogP) is 3.09. The Kier molecular flexibility index (Phi) is 7.82. The Balaban J connectivity index is 1.73. The van der Waals surface area contributed by atoms with Crippen LogP contribution in [0.15, 0.2) is 53.6 Å². The molecule has 27 heavy (non-hydrogen) atoms. The van der Waals surface area contributed by atoms with Crippen LogP contribution in [0.5, 0.6) is 5.75 Å². The highest BCUT2D eigenvalue weighted by Crippen LogP contribution is 2.11. The largest absolute Gasteiger partial charge is 0.497 e. The molecule has 0 heterocycles. The van der Waals surface area contributed by atoms with Gasteiger partial charge in [0.1, 0.15) is 5.75 Å². The number of nitrogens with zero attached hydrogens (tertiary/aromatic N) is 1. The van der Waals surface area contributed by atoms with Gasteiger partial charge >= 0.3 is 0 Å². The third kappa shape index (κ3) is 7.50. The molecule has 0 unspecified atom stereocenters. The number of carbonyl (C=O) groups is 2. The van der Waals surface area contributed by atoms with E-state index in [1.54, 1.807) is 38.3 Å². The topological polar surface area (TPSA) is 79.8 Å². The normalized spacial score (nSPS) is 11.0. The standard InChI is InChI=1S/C20H22ClN3O3/c1-14(23-24-20(26)12-15-3-7-17(21)8-4-15)11-19(25)22-13-16-5-9-18(27-2)10-6-16/h3-10H,11-13H2,1-2H3,(H,22,25)(H,24,26). The van der Waals surface area contributed by atoms with Gasteiger partial charge in [-0.2, -0.15) is 5.10 Å². The van der Waals surface area contributed by atoms with Crippen molar-refractivity contribution in [3.63, 3.8) is 0 Å². The van der Waals surface area contributed by atoms with Gasteiger partial charge in [-0.1, -0.05) is 35.9 Å². The van der Waals surface area contributed by atoms with Crippen LogP contribution in [0, 0.1) is 0 Å². The Morgan fingerprint density at radius 1 is 1.00 bits per heavy atom. The molecule has 0 saturated heterocycles. The molecule has 0 aliphatic rings. The average Bonchev–Trinajstić information content (AvgIpc) is 2.67. The first-order chi connectivity index (χ1) is 13.0. The van der Waals surface area contributed by atoms with Gasteiger partial charge in [0.25, 0.3) is 0 Å². The molecular formula is C20H22ClN3O3. The Morgan fingerprint density at radius 3 is 2.26 bits per heavy atom. The highest BCUT2D eigenvalue weighted by molar-refractivity contribution is 6.30. The summed E-state index contributed by atoms with van der Waals surface area (Å²) < 4.78 is 5.09. The lowest BCUT2D eigenvalue weighted by Crippen LogP contribution is -2.26. The fourth-order valence-electron chi connectivity index (χ4n) is 2.26. The molecule has 0 bridgehead atoms. The molecule has 7 heteroatoms. The van der Waals surface area contributed by atoms with Crippen molar-refractivity contribution >= 4 is 29.1 Å². The van der Waals surface area contributed by atoms with Crippen LogP contribution in [0.4, 0.5) is 0 Å². The first kappa shape index (κ1) is 20.5. The summed E-state index contributed by atoms with van der Waals surface area (Å²) in [6, 6.07) is 14.5. The molecule has 0 saturated carbocycles. The van der Waals surface area contributed by atoms with Gasteiger partial charge in [-0.25, -0.2) is 5.43 Å². The summed E-state index contributed by atoms with van der Waals surface area (Å²) >= 11 is 5.81. The van der Waals surface area contributed by atoms with Crippen molar-refractivity contribution in [1.29, 1.82) is 0 Å². The third-order valence-electron chi connectivity index (χ3n) is 3.71. The van der Waals surface area contributed by atoms with E-state index in [0.29, 0.717) is 17.3 Å². The van der Waals surface area contributed by atoms with Crippen molar-refractivity contribution in [1.82, 2.24) is 10.7 Å². The summed E-state index contributed by atoms with van der Waals surface area (Å²) in [5.41, 5.74) is 4.78. The minimum absolute atomic E-state index is 0.109. The van der Waals surface area contributed by atoms with Gasteiger partial charge in [-0.3, -0.25) is 9.59 Å². The summed E-state index contributed by atoms with van der Waals surface area (Å²) in [6.07, 6.45) is 0.301. The maximum absolute atomic E-state index is 12.0. The van der Waals surface area contributed by atoms with Gasteiger partial charge in [0.05, 0.1) is 20.0 Å². The quantitative estimate of drug-likeness (QED) is 0.539. The Hall–Kier alpha value is -2.86. The molecule has 2 rings (SSSR count). The fourth-order valence-corrected chi connectivity index (χ4v) is 2.39. The monoisotopic (exact) mass is 387 g/mol. The van der Waals surface area contributed by atoms with Gasteiger partial charge < -0.3 is 10.1 Å². The number of carbonyl (C=O) groups excluding carboxylic acids is 2. The Bertz CT molecular complexity index is 802. The van der Waals surface area contributed by atoms with Crippen LogP contribution in [0.3, 0.4) is 0 Å². The molecular weight excluding hydrogens is 366 g/mol. The first-order valence-corrected chi connectivity index (χ1v) is 8.80. The maximum Gasteiger partial charge on any atom is 0.244 e. The second-order valence-electron chi connectivity index (χ2n) is 5.99. The van der Waals surface area contributed by atoms with Crippen molar-refractivity contribution in [2.45, 2.75) is 26.3 Å². The van der Waals surface area contributed by atoms with E-state index in [0.717, 1.165) is 16.9 Å². The van der Waals surface area contributed by atoms with Crippen LogP contribution in [0.2, 0.25) is 5.02 Å². The zero-order valence-electron chi connectivity index (χ0n) is 15.3. The molecule has 0 spiro atoms. The summed E-state index contributed by atoms with van der Waals surface area (Å²) in [5, 5.41) is 7.40. The molecule has 2 aromatic carbocycles. The molecule has 2 N–H and O–H groups in total. The number of methoxy groups -OCH3 is 1. The SMILES string of the molecule is COc1ccc(CNC(=O)CC(C)=NNC(=O)Cc2ccc(Cl)cc2)cc1. The van der Waals surface area contributed by atoms with Gasteiger partial charge in [-0.05, 0) is 42.3 Å². The van der Waals surface area contributed by atoms with Crippen molar-refractivity contribution in [2.24, 2.45) is 5.10 Å². The lowest BCUT2D eigenvalue weighted by Gasteiger charge is -2.07. The Labute approximate surface area is 163 Å². The first-order valence-electron chi connectivity index (χ1n) is 8.42. The van der Waals surface area contributed by atoms with Crippen LogP contribution < -0.4 is 15.5 Å². The summed E-state index contributed by atoms with van der Waals surface area (Å²) in [4.78, 5) is 23.9. The summed E-state index contributed by atoms with van der Waals surface area (Å²) in [5.74, 6) is 0.344. The minimum Gasteiger partial charge on any atom is -0.497 e. The van der Waals surface area contributed by atoms with E-state index < -0.39 is 0 Å². The second-order valence-corrected chi connectivity index (χ2v) is 6.42. The van der Waals surface area contributed by atoms with Crippen molar-refractivity contribution in [3.8, 4) is 5.75 Å². The number of amides is 2.